The Balaban J connectivity index is 1.42. The summed E-state index contributed by atoms with van der Waals surface area (Å²) in [4.78, 5) is 43.2. The number of rotatable bonds is 5. The largest absolute Gasteiger partial charge is 0.344 e. The number of fused-ring (bicyclic) bond motifs is 2. The lowest BCUT2D eigenvalue weighted by molar-refractivity contribution is -0.125. The van der Waals surface area contributed by atoms with Gasteiger partial charge in [-0.1, -0.05) is 32.5 Å². The Hall–Kier alpha value is -4.12. The van der Waals surface area contributed by atoms with Crippen molar-refractivity contribution >= 4 is 23.2 Å². The molecule has 11 nitrogen and oxygen atoms in total. The molecule has 3 aromatic heterocycles. The van der Waals surface area contributed by atoms with Gasteiger partial charge in [0.2, 0.25) is 23.4 Å². The Morgan fingerprint density at radius 3 is 2.76 bits per heavy atom. The van der Waals surface area contributed by atoms with E-state index in [-0.39, 0.29) is 41.6 Å². The number of likely N-dealkylation sites (tertiary alicyclic amines) is 1. The van der Waals surface area contributed by atoms with E-state index in [1.807, 2.05) is 32.9 Å². The molecule has 6 heterocycles. The van der Waals surface area contributed by atoms with E-state index in [1.165, 1.54) is 6.08 Å². The number of carbonyl (C=O) groups is 2. The highest BCUT2D eigenvalue weighted by atomic mass is 16.5. The summed E-state index contributed by atoms with van der Waals surface area (Å²) in [6.07, 6.45) is 5.39. The number of pyridine rings is 2. The molecule has 1 saturated heterocycles. The van der Waals surface area contributed by atoms with Crippen LogP contribution in [0.5, 0.6) is 0 Å². The standard InChI is InChI=1S/C26H28N8O3/c1-5-19(36)33-11-8-14(13-33)34-21-16(15-6-10-28-23-20(15)24(34)31-30-23)7-9-27-17(21)12-18(35)22-29-25(37-32-22)26(2,3)4/h5-7,9-10,14,24,31H,1,8,11-13H2,2-4H3,(H,28,30)/t14-,24?/m1/s1. The lowest BCUT2D eigenvalue weighted by Gasteiger charge is -2.41. The first-order valence-electron chi connectivity index (χ1n) is 12.3. The second kappa shape index (κ2) is 8.48. The molecule has 2 atom stereocenters. The molecular weight excluding hydrogens is 472 g/mol. The van der Waals surface area contributed by atoms with Gasteiger partial charge in [0, 0.05) is 42.0 Å². The number of carbonyl (C=O) groups excluding carboxylic acids is 2. The van der Waals surface area contributed by atoms with Crippen LogP contribution in [0.3, 0.4) is 0 Å². The van der Waals surface area contributed by atoms with Crippen molar-refractivity contribution < 1.29 is 14.1 Å². The van der Waals surface area contributed by atoms with Crippen LogP contribution in [-0.2, 0) is 16.6 Å². The molecule has 0 saturated carbocycles. The average molecular weight is 501 g/mol. The number of anilines is 2. The highest BCUT2D eigenvalue weighted by Crippen LogP contribution is 2.50. The highest BCUT2D eigenvalue weighted by molar-refractivity contribution is 5.97. The van der Waals surface area contributed by atoms with E-state index < -0.39 is 0 Å². The molecule has 1 amide bonds. The van der Waals surface area contributed by atoms with Crippen molar-refractivity contribution in [1.82, 2.24) is 30.4 Å². The molecule has 1 fully saturated rings. The van der Waals surface area contributed by atoms with E-state index in [0.29, 0.717) is 24.7 Å². The number of hydrogen-bond acceptors (Lipinski definition) is 10. The minimum absolute atomic E-state index is 0.00280. The number of ketones is 1. The Morgan fingerprint density at radius 1 is 1.22 bits per heavy atom. The van der Waals surface area contributed by atoms with Crippen LogP contribution in [0.4, 0.5) is 11.5 Å². The molecule has 0 aromatic carbocycles. The summed E-state index contributed by atoms with van der Waals surface area (Å²) in [5.74, 6) is 0.865. The SMILES string of the molecule is C=CC(=O)N1CC[C@@H](N2c3c(ccnc3CC(=O)c3noc(C(C)(C)C)n3)-c3ccnc4c3C2NN4)C1. The summed E-state index contributed by atoms with van der Waals surface area (Å²) >= 11 is 0. The molecule has 2 N–H and O–H groups in total. The molecule has 3 aromatic rings. The van der Waals surface area contributed by atoms with Crippen LogP contribution < -0.4 is 15.8 Å². The molecule has 0 spiro atoms. The average Bonchev–Trinajstić information content (AvgIpc) is 3.64. The zero-order valence-corrected chi connectivity index (χ0v) is 21.0. The number of hydrazine groups is 1. The Morgan fingerprint density at radius 2 is 2.00 bits per heavy atom. The number of Topliss-reactive ketones (excluding diaryl/α,β-unsaturated/α-hetero) is 1. The number of hydrogen-bond donors (Lipinski definition) is 2. The van der Waals surface area contributed by atoms with Crippen LogP contribution in [0.25, 0.3) is 11.1 Å². The van der Waals surface area contributed by atoms with Crippen molar-refractivity contribution in [3.8, 4) is 11.1 Å². The molecule has 3 aliphatic heterocycles. The summed E-state index contributed by atoms with van der Waals surface area (Å²) in [5.41, 5.74) is 10.7. The molecule has 1 unspecified atom stereocenters. The fourth-order valence-corrected chi connectivity index (χ4v) is 5.33. The third kappa shape index (κ3) is 3.77. The van der Waals surface area contributed by atoms with E-state index in [4.69, 9.17) is 4.52 Å². The predicted molar refractivity (Wildman–Crippen MR) is 136 cm³/mol. The van der Waals surface area contributed by atoms with Crippen molar-refractivity contribution in [3.05, 3.63) is 60.2 Å². The first-order valence-corrected chi connectivity index (χ1v) is 12.3. The smallest absolute Gasteiger partial charge is 0.246 e. The summed E-state index contributed by atoms with van der Waals surface area (Å²) in [6, 6.07) is 3.95. The fourth-order valence-electron chi connectivity index (χ4n) is 5.33. The van der Waals surface area contributed by atoms with Gasteiger partial charge >= 0.3 is 0 Å². The van der Waals surface area contributed by atoms with E-state index in [0.717, 1.165) is 34.6 Å². The van der Waals surface area contributed by atoms with E-state index in [1.54, 1.807) is 17.3 Å². The zero-order valence-electron chi connectivity index (χ0n) is 21.0. The van der Waals surface area contributed by atoms with Crippen LogP contribution in [0, 0.1) is 0 Å². The van der Waals surface area contributed by atoms with Gasteiger partial charge in [0.25, 0.3) is 0 Å². The number of amides is 1. The van der Waals surface area contributed by atoms with Crippen molar-refractivity contribution in [2.24, 2.45) is 0 Å². The van der Waals surface area contributed by atoms with Crippen LogP contribution in [0.1, 0.15) is 61.1 Å². The van der Waals surface area contributed by atoms with Gasteiger partial charge in [-0.15, -0.1) is 0 Å². The van der Waals surface area contributed by atoms with Gasteiger partial charge in [0.1, 0.15) is 12.0 Å². The summed E-state index contributed by atoms with van der Waals surface area (Å²) in [6.45, 7) is 10.7. The molecule has 6 rings (SSSR count). The summed E-state index contributed by atoms with van der Waals surface area (Å²) in [7, 11) is 0. The molecule has 3 aliphatic rings. The number of nitrogens with zero attached hydrogens (tertiary/aromatic N) is 6. The lowest BCUT2D eigenvalue weighted by Crippen LogP contribution is -2.47. The number of nitrogens with one attached hydrogen (secondary N) is 2. The van der Waals surface area contributed by atoms with Crippen LogP contribution >= 0.6 is 0 Å². The van der Waals surface area contributed by atoms with Crippen molar-refractivity contribution in [2.75, 3.05) is 23.4 Å². The Bertz CT molecular complexity index is 1430. The van der Waals surface area contributed by atoms with Crippen LogP contribution in [0.15, 0.2) is 41.7 Å². The van der Waals surface area contributed by atoms with Gasteiger partial charge < -0.3 is 19.7 Å². The normalized spacial score (nSPS) is 19.9. The minimum Gasteiger partial charge on any atom is -0.344 e. The lowest BCUT2D eigenvalue weighted by atomic mass is 9.90. The van der Waals surface area contributed by atoms with E-state index in [2.05, 4.69) is 42.4 Å². The van der Waals surface area contributed by atoms with Gasteiger partial charge in [-0.2, -0.15) is 4.98 Å². The van der Waals surface area contributed by atoms with Gasteiger partial charge in [-0.25, -0.2) is 10.4 Å². The molecular formula is C26H28N8O3. The highest BCUT2D eigenvalue weighted by Gasteiger charge is 2.44. The maximum Gasteiger partial charge on any atom is 0.246 e. The second-order valence-corrected chi connectivity index (χ2v) is 10.6. The van der Waals surface area contributed by atoms with Gasteiger partial charge in [0.15, 0.2) is 0 Å². The van der Waals surface area contributed by atoms with Crippen molar-refractivity contribution in [1.29, 1.82) is 0 Å². The van der Waals surface area contributed by atoms with Crippen LogP contribution in [0.2, 0.25) is 0 Å². The molecule has 190 valence electrons. The minimum atomic E-state index is -0.361. The topological polar surface area (TPSA) is 129 Å². The fraction of sp³-hybridized carbons (Fsp3) is 0.385. The van der Waals surface area contributed by atoms with Crippen LogP contribution in [-0.4, -0.2) is 55.8 Å². The second-order valence-electron chi connectivity index (χ2n) is 10.6. The Labute approximate surface area is 213 Å². The van der Waals surface area contributed by atoms with Crippen molar-refractivity contribution in [3.63, 3.8) is 0 Å². The molecule has 0 bridgehead atoms. The first-order chi connectivity index (χ1) is 17.8. The molecule has 0 radical (unpaired) electrons. The molecule has 37 heavy (non-hydrogen) atoms. The zero-order chi connectivity index (χ0) is 25.9. The van der Waals surface area contributed by atoms with Gasteiger partial charge in [-0.3, -0.25) is 14.6 Å². The number of aromatic nitrogens is 4. The van der Waals surface area contributed by atoms with E-state index >= 15 is 0 Å². The predicted octanol–water partition coefficient (Wildman–Crippen LogP) is 2.79. The third-order valence-electron chi connectivity index (χ3n) is 7.11. The van der Waals surface area contributed by atoms with Gasteiger partial charge in [0.05, 0.1) is 23.8 Å². The van der Waals surface area contributed by atoms with Crippen molar-refractivity contribution in [2.45, 2.75) is 51.2 Å². The summed E-state index contributed by atoms with van der Waals surface area (Å²) < 4.78 is 5.35. The van der Waals surface area contributed by atoms with E-state index in [9.17, 15) is 9.59 Å². The maximum absolute atomic E-state index is 13.3. The first kappa shape index (κ1) is 23.3. The molecule has 11 heteroatoms. The molecule has 0 aliphatic carbocycles. The Kier molecular flexibility index (Phi) is 5.34. The summed E-state index contributed by atoms with van der Waals surface area (Å²) in [5, 5.41) is 3.94. The van der Waals surface area contributed by atoms with Gasteiger partial charge in [-0.05, 0) is 30.2 Å². The monoisotopic (exact) mass is 500 g/mol. The quantitative estimate of drug-likeness (QED) is 0.398. The third-order valence-corrected chi connectivity index (χ3v) is 7.11. The maximum atomic E-state index is 13.3.